The zero-order valence-electron chi connectivity index (χ0n) is 12.5. The Bertz CT molecular complexity index is 368. The number of urea groups is 1. The van der Waals surface area contributed by atoms with Crippen molar-refractivity contribution in [3.05, 3.63) is 0 Å². The molecule has 0 spiro atoms. The Morgan fingerprint density at radius 2 is 1.85 bits per heavy atom. The summed E-state index contributed by atoms with van der Waals surface area (Å²) < 4.78 is 5.39. The number of imide groups is 2. The summed E-state index contributed by atoms with van der Waals surface area (Å²) in [7, 11) is 0. The van der Waals surface area contributed by atoms with Gasteiger partial charge in [-0.15, -0.1) is 0 Å². The van der Waals surface area contributed by atoms with Gasteiger partial charge in [0.15, 0.2) is 0 Å². The van der Waals surface area contributed by atoms with Crippen LogP contribution in [0.25, 0.3) is 0 Å². The lowest BCUT2D eigenvalue weighted by Crippen LogP contribution is -2.59. The number of hydrogen-bond donors (Lipinski definition) is 1. The number of rotatable bonds is 8. The van der Waals surface area contributed by atoms with E-state index in [1.165, 1.54) is 0 Å². The Labute approximate surface area is 119 Å². The molecule has 1 aliphatic rings. The number of nitrogens with one attached hydrogen (secondary N) is 1. The van der Waals surface area contributed by atoms with E-state index in [2.05, 4.69) is 12.2 Å². The molecular formula is C14H24N2O4. The second-order valence-corrected chi connectivity index (χ2v) is 5.33. The summed E-state index contributed by atoms with van der Waals surface area (Å²) in [6, 6.07) is -0.620. The number of ether oxygens (including phenoxy) is 1. The molecule has 1 N–H and O–H groups in total. The van der Waals surface area contributed by atoms with Gasteiger partial charge >= 0.3 is 6.03 Å². The lowest BCUT2D eigenvalue weighted by Gasteiger charge is -2.31. The van der Waals surface area contributed by atoms with Crippen LogP contribution in [0.5, 0.6) is 0 Å². The second kappa shape index (κ2) is 7.99. The monoisotopic (exact) mass is 284 g/mol. The first-order valence-electron chi connectivity index (χ1n) is 7.23. The van der Waals surface area contributed by atoms with Crippen LogP contribution in [0.1, 0.15) is 40.0 Å². The fourth-order valence-electron chi connectivity index (χ4n) is 2.10. The van der Waals surface area contributed by atoms with E-state index in [1.807, 2.05) is 0 Å². The van der Waals surface area contributed by atoms with E-state index in [4.69, 9.17) is 4.74 Å². The maximum absolute atomic E-state index is 12.2. The predicted molar refractivity (Wildman–Crippen MR) is 73.9 cm³/mol. The maximum atomic E-state index is 12.2. The molecule has 114 valence electrons. The van der Waals surface area contributed by atoms with Crippen LogP contribution in [0.4, 0.5) is 4.79 Å². The van der Waals surface area contributed by atoms with Crippen molar-refractivity contribution < 1.29 is 19.1 Å². The average molecular weight is 284 g/mol. The molecule has 1 aliphatic heterocycles. The fourth-order valence-corrected chi connectivity index (χ4v) is 2.10. The van der Waals surface area contributed by atoms with Crippen molar-refractivity contribution in [2.24, 2.45) is 11.8 Å². The van der Waals surface area contributed by atoms with Gasteiger partial charge in [0.25, 0.3) is 0 Å². The minimum Gasteiger partial charge on any atom is -0.381 e. The van der Waals surface area contributed by atoms with E-state index < -0.39 is 23.8 Å². The van der Waals surface area contributed by atoms with E-state index in [1.54, 1.807) is 13.8 Å². The molecule has 0 radical (unpaired) electrons. The van der Waals surface area contributed by atoms with Crippen LogP contribution in [-0.2, 0) is 14.3 Å². The van der Waals surface area contributed by atoms with Crippen LogP contribution in [0.3, 0.4) is 0 Å². The molecule has 6 heteroatoms. The topological polar surface area (TPSA) is 75.7 Å². The summed E-state index contributed by atoms with van der Waals surface area (Å²) in [5, 5.41) is 2.24. The zero-order chi connectivity index (χ0) is 15.1. The molecule has 0 aliphatic carbocycles. The van der Waals surface area contributed by atoms with Gasteiger partial charge in [0.05, 0.1) is 0 Å². The van der Waals surface area contributed by atoms with Crippen LogP contribution in [0.15, 0.2) is 0 Å². The van der Waals surface area contributed by atoms with Crippen LogP contribution >= 0.6 is 0 Å². The van der Waals surface area contributed by atoms with Crippen molar-refractivity contribution in [1.82, 2.24) is 10.2 Å². The third-order valence-corrected chi connectivity index (χ3v) is 3.27. The standard InChI is InChI=1S/C14H24N2O4/c1-4-5-8-20-9-6-7-16-13(18)11(10(2)3)12(17)15-14(16)19/h10-11H,4-9H2,1-3H3,(H,15,17,19). The van der Waals surface area contributed by atoms with E-state index >= 15 is 0 Å². The summed E-state index contributed by atoms with van der Waals surface area (Å²) in [4.78, 5) is 36.6. The van der Waals surface area contributed by atoms with Crippen LogP contribution in [0.2, 0.25) is 0 Å². The number of carbonyl (C=O) groups excluding carboxylic acids is 3. The quantitative estimate of drug-likeness (QED) is 0.542. The van der Waals surface area contributed by atoms with Gasteiger partial charge in [-0.2, -0.15) is 0 Å². The first-order chi connectivity index (χ1) is 9.49. The molecule has 6 nitrogen and oxygen atoms in total. The molecule has 0 saturated carbocycles. The molecule has 0 aromatic rings. The normalized spacial score (nSPS) is 19.7. The van der Waals surface area contributed by atoms with Crippen molar-refractivity contribution in [3.63, 3.8) is 0 Å². The van der Waals surface area contributed by atoms with Gasteiger partial charge in [0.2, 0.25) is 11.8 Å². The third kappa shape index (κ3) is 4.30. The average Bonchev–Trinajstić information content (AvgIpc) is 2.35. The molecule has 1 saturated heterocycles. The lowest BCUT2D eigenvalue weighted by molar-refractivity contribution is -0.144. The Morgan fingerprint density at radius 1 is 1.20 bits per heavy atom. The van der Waals surface area contributed by atoms with Gasteiger partial charge in [-0.25, -0.2) is 4.79 Å². The molecule has 0 aromatic heterocycles. The highest BCUT2D eigenvalue weighted by molar-refractivity contribution is 6.16. The highest BCUT2D eigenvalue weighted by Gasteiger charge is 2.41. The largest absolute Gasteiger partial charge is 0.381 e. The first-order valence-corrected chi connectivity index (χ1v) is 7.23. The van der Waals surface area contributed by atoms with Crippen molar-refractivity contribution >= 4 is 17.8 Å². The lowest BCUT2D eigenvalue weighted by atomic mass is 9.92. The van der Waals surface area contributed by atoms with E-state index in [0.717, 1.165) is 17.7 Å². The maximum Gasteiger partial charge on any atom is 0.330 e. The fraction of sp³-hybridized carbons (Fsp3) is 0.786. The third-order valence-electron chi connectivity index (χ3n) is 3.27. The Kier molecular flexibility index (Phi) is 6.64. The molecule has 4 amide bonds. The second-order valence-electron chi connectivity index (χ2n) is 5.33. The predicted octanol–water partition coefficient (Wildman–Crippen LogP) is 1.54. The van der Waals surface area contributed by atoms with Crippen LogP contribution in [-0.4, -0.2) is 42.5 Å². The van der Waals surface area contributed by atoms with Gasteiger partial charge in [0, 0.05) is 19.8 Å². The highest BCUT2D eigenvalue weighted by Crippen LogP contribution is 2.18. The van der Waals surface area contributed by atoms with Gasteiger partial charge in [-0.3, -0.25) is 19.8 Å². The van der Waals surface area contributed by atoms with Gasteiger partial charge in [-0.05, 0) is 18.8 Å². The number of carbonyl (C=O) groups is 3. The number of nitrogens with zero attached hydrogens (tertiary/aromatic N) is 1. The molecule has 1 heterocycles. The van der Waals surface area contributed by atoms with Crippen molar-refractivity contribution in [2.75, 3.05) is 19.8 Å². The molecule has 1 rings (SSSR count). The molecule has 0 aromatic carbocycles. The van der Waals surface area contributed by atoms with Crippen LogP contribution in [0, 0.1) is 11.8 Å². The first kappa shape index (κ1) is 16.6. The number of barbiturate groups is 1. The Balaban J connectivity index is 2.45. The minimum atomic E-state index is -0.770. The zero-order valence-corrected chi connectivity index (χ0v) is 12.5. The van der Waals surface area contributed by atoms with Crippen molar-refractivity contribution in [2.45, 2.75) is 40.0 Å². The van der Waals surface area contributed by atoms with Gasteiger partial charge in [0.1, 0.15) is 5.92 Å². The Hall–Kier alpha value is -1.43. The van der Waals surface area contributed by atoms with Gasteiger partial charge < -0.3 is 4.74 Å². The summed E-state index contributed by atoms with van der Waals surface area (Å²) in [6.07, 6.45) is 2.67. The molecule has 1 unspecified atom stereocenters. The minimum absolute atomic E-state index is 0.126. The van der Waals surface area contributed by atoms with E-state index in [0.29, 0.717) is 19.6 Å². The van der Waals surface area contributed by atoms with Crippen molar-refractivity contribution in [3.8, 4) is 0 Å². The molecule has 1 atom stereocenters. The van der Waals surface area contributed by atoms with E-state index in [9.17, 15) is 14.4 Å². The van der Waals surface area contributed by atoms with Gasteiger partial charge in [-0.1, -0.05) is 27.2 Å². The molecule has 20 heavy (non-hydrogen) atoms. The number of hydrogen-bond acceptors (Lipinski definition) is 4. The smallest absolute Gasteiger partial charge is 0.330 e. The van der Waals surface area contributed by atoms with Crippen molar-refractivity contribution in [1.29, 1.82) is 0 Å². The van der Waals surface area contributed by atoms with Crippen LogP contribution < -0.4 is 5.32 Å². The summed E-state index contributed by atoms with van der Waals surface area (Å²) >= 11 is 0. The highest BCUT2D eigenvalue weighted by atomic mass is 16.5. The molecular weight excluding hydrogens is 260 g/mol. The summed E-state index contributed by atoms with van der Waals surface area (Å²) in [6.45, 7) is 7.17. The number of unbranched alkanes of at least 4 members (excludes halogenated alkanes) is 1. The summed E-state index contributed by atoms with van der Waals surface area (Å²) in [5.74, 6) is -1.79. The molecule has 0 bridgehead atoms. The number of amides is 4. The summed E-state index contributed by atoms with van der Waals surface area (Å²) in [5.41, 5.74) is 0. The molecule has 1 fully saturated rings. The SMILES string of the molecule is CCCCOCCCN1C(=O)NC(=O)C(C(C)C)C1=O. The van der Waals surface area contributed by atoms with E-state index in [-0.39, 0.29) is 12.5 Å². The Morgan fingerprint density at radius 3 is 2.45 bits per heavy atom.